The molecule has 3 heteroatoms. The smallest absolute Gasteiger partial charge is 0.173 e. The molecule has 0 spiro atoms. The monoisotopic (exact) mass is 249 g/mol. The lowest BCUT2D eigenvalue weighted by atomic mass is 9.83. The molecule has 0 saturated carbocycles. The number of nitrogens with two attached hydrogens (primary N) is 1. The Morgan fingerprint density at radius 1 is 1.39 bits per heavy atom. The minimum absolute atomic E-state index is 0.0251. The number of carbonyl (C=O) groups is 1. The quantitative estimate of drug-likeness (QED) is 0.816. The molecule has 0 atom stereocenters. The van der Waals surface area contributed by atoms with Crippen LogP contribution in [0.2, 0.25) is 0 Å². The topological polar surface area (TPSA) is 52.3 Å². The Kier molecular flexibility index (Phi) is 4.52. The molecule has 1 rings (SSSR count). The Morgan fingerprint density at radius 3 is 2.44 bits per heavy atom. The number of benzene rings is 1. The molecule has 0 aliphatic heterocycles. The lowest BCUT2D eigenvalue weighted by Crippen LogP contribution is -2.33. The van der Waals surface area contributed by atoms with E-state index < -0.39 is 5.41 Å². The molecule has 2 N–H and O–H groups in total. The second-order valence-electron chi connectivity index (χ2n) is 5.53. The number of Topliss-reactive ketones (excluding diaryl/α,β-unsaturated/α-hetero) is 1. The first-order valence-electron chi connectivity index (χ1n) is 6.26. The van der Waals surface area contributed by atoms with E-state index in [4.69, 9.17) is 10.5 Å². The number of hydrogen-bond acceptors (Lipinski definition) is 3. The van der Waals surface area contributed by atoms with Gasteiger partial charge >= 0.3 is 0 Å². The predicted octanol–water partition coefficient (Wildman–Crippen LogP) is 2.99. The highest BCUT2D eigenvalue weighted by Crippen LogP contribution is 2.30. The summed E-state index contributed by atoms with van der Waals surface area (Å²) in [4.78, 5) is 12.4. The summed E-state index contributed by atoms with van der Waals surface area (Å²) in [6, 6.07) is 5.76. The molecule has 0 aromatic heterocycles. The number of ether oxygens (including phenoxy) is 1. The SMILES string of the molecule is COc1cc(C(C)C)ccc1C(=O)C(C)(C)CN. The molecular formula is C15H23NO2. The van der Waals surface area contributed by atoms with Crippen LogP contribution in [-0.2, 0) is 0 Å². The van der Waals surface area contributed by atoms with Gasteiger partial charge in [-0.3, -0.25) is 4.79 Å². The maximum Gasteiger partial charge on any atom is 0.173 e. The number of hydrogen-bond donors (Lipinski definition) is 1. The lowest BCUT2D eigenvalue weighted by molar-refractivity contribution is 0.0844. The third kappa shape index (κ3) is 2.91. The highest BCUT2D eigenvalue weighted by molar-refractivity contribution is 6.02. The summed E-state index contributed by atoms with van der Waals surface area (Å²) in [5.74, 6) is 1.07. The van der Waals surface area contributed by atoms with E-state index in [1.807, 2.05) is 32.0 Å². The first-order valence-corrected chi connectivity index (χ1v) is 6.26. The Hall–Kier alpha value is -1.35. The molecule has 1 aromatic rings. The number of methoxy groups -OCH3 is 1. The van der Waals surface area contributed by atoms with Crippen LogP contribution in [0.25, 0.3) is 0 Å². The van der Waals surface area contributed by atoms with Crippen LogP contribution in [0.15, 0.2) is 18.2 Å². The Bertz CT molecular complexity index is 436. The molecule has 0 aliphatic carbocycles. The van der Waals surface area contributed by atoms with Gasteiger partial charge in [0.25, 0.3) is 0 Å². The van der Waals surface area contributed by atoms with Crippen molar-refractivity contribution in [3.8, 4) is 5.75 Å². The summed E-state index contributed by atoms with van der Waals surface area (Å²) in [7, 11) is 1.59. The van der Waals surface area contributed by atoms with E-state index in [-0.39, 0.29) is 5.78 Å². The normalized spacial score (nSPS) is 11.7. The van der Waals surface area contributed by atoms with Crippen LogP contribution in [0.3, 0.4) is 0 Å². The third-order valence-electron chi connectivity index (χ3n) is 3.26. The zero-order chi connectivity index (χ0) is 13.9. The van der Waals surface area contributed by atoms with Gasteiger partial charge in [0.1, 0.15) is 5.75 Å². The molecule has 0 radical (unpaired) electrons. The number of ketones is 1. The van der Waals surface area contributed by atoms with Gasteiger partial charge < -0.3 is 10.5 Å². The summed E-state index contributed by atoms with van der Waals surface area (Å²) >= 11 is 0. The highest BCUT2D eigenvalue weighted by Gasteiger charge is 2.29. The van der Waals surface area contributed by atoms with E-state index in [0.717, 1.165) is 5.56 Å². The van der Waals surface area contributed by atoms with E-state index in [2.05, 4.69) is 13.8 Å². The van der Waals surface area contributed by atoms with Crippen molar-refractivity contribution in [2.45, 2.75) is 33.6 Å². The van der Waals surface area contributed by atoms with Crippen molar-refractivity contribution in [1.82, 2.24) is 0 Å². The molecule has 0 heterocycles. The van der Waals surface area contributed by atoms with Crippen molar-refractivity contribution >= 4 is 5.78 Å². The van der Waals surface area contributed by atoms with E-state index in [9.17, 15) is 4.79 Å². The third-order valence-corrected chi connectivity index (χ3v) is 3.26. The summed E-state index contributed by atoms with van der Waals surface area (Å²) in [6.45, 7) is 8.25. The second-order valence-corrected chi connectivity index (χ2v) is 5.53. The van der Waals surface area contributed by atoms with Crippen LogP contribution < -0.4 is 10.5 Å². The van der Waals surface area contributed by atoms with Crippen LogP contribution in [0.4, 0.5) is 0 Å². The average molecular weight is 249 g/mol. The maximum atomic E-state index is 12.4. The van der Waals surface area contributed by atoms with Gasteiger partial charge in [0, 0.05) is 12.0 Å². The van der Waals surface area contributed by atoms with Crippen LogP contribution in [0, 0.1) is 5.41 Å². The van der Waals surface area contributed by atoms with Crippen LogP contribution >= 0.6 is 0 Å². The largest absolute Gasteiger partial charge is 0.496 e. The molecule has 0 bridgehead atoms. The predicted molar refractivity (Wildman–Crippen MR) is 74.2 cm³/mol. The minimum atomic E-state index is -0.563. The maximum absolute atomic E-state index is 12.4. The zero-order valence-corrected chi connectivity index (χ0v) is 11.9. The van der Waals surface area contributed by atoms with Gasteiger partial charge in [0.05, 0.1) is 12.7 Å². The van der Waals surface area contributed by atoms with Gasteiger partial charge in [-0.05, 0) is 23.6 Å². The molecular weight excluding hydrogens is 226 g/mol. The molecule has 3 nitrogen and oxygen atoms in total. The first kappa shape index (κ1) is 14.7. The molecule has 0 aliphatic rings. The van der Waals surface area contributed by atoms with Crippen molar-refractivity contribution in [2.75, 3.05) is 13.7 Å². The second kappa shape index (κ2) is 5.53. The lowest BCUT2D eigenvalue weighted by Gasteiger charge is -2.22. The van der Waals surface area contributed by atoms with Gasteiger partial charge in [0.2, 0.25) is 0 Å². The summed E-state index contributed by atoms with van der Waals surface area (Å²) in [5, 5.41) is 0. The van der Waals surface area contributed by atoms with Crippen molar-refractivity contribution in [2.24, 2.45) is 11.1 Å². The first-order chi connectivity index (χ1) is 8.33. The molecule has 0 fully saturated rings. The molecule has 0 unspecified atom stereocenters. The van der Waals surface area contributed by atoms with Crippen LogP contribution in [-0.4, -0.2) is 19.4 Å². The highest BCUT2D eigenvalue weighted by atomic mass is 16.5. The number of carbonyl (C=O) groups excluding carboxylic acids is 1. The number of rotatable bonds is 5. The molecule has 1 aromatic carbocycles. The Balaban J connectivity index is 3.22. The van der Waals surface area contributed by atoms with Gasteiger partial charge in [-0.2, -0.15) is 0 Å². The fourth-order valence-corrected chi connectivity index (χ4v) is 1.71. The fraction of sp³-hybridized carbons (Fsp3) is 0.533. The summed E-state index contributed by atoms with van der Waals surface area (Å²) in [5.41, 5.74) is 6.86. The van der Waals surface area contributed by atoms with Gasteiger partial charge in [0.15, 0.2) is 5.78 Å². The molecule has 0 amide bonds. The Labute approximate surface area is 109 Å². The Morgan fingerprint density at radius 2 is 2.00 bits per heavy atom. The van der Waals surface area contributed by atoms with Crippen molar-refractivity contribution in [3.63, 3.8) is 0 Å². The van der Waals surface area contributed by atoms with Crippen molar-refractivity contribution in [3.05, 3.63) is 29.3 Å². The average Bonchev–Trinajstić information content (AvgIpc) is 2.36. The van der Waals surface area contributed by atoms with Crippen LogP contribution in [0.5, 0.6) is 5.75 Å². The molecule has 100 valence electrons. The van der Waals surface area contributed by atoms with Crippen LogP contribution in [0.1, 0.15) is 49.5 Å². The fourth-order valence-electron chi connectivity index (χ4n) is 1.71. The van der Waals surface area contributed by atoms with E-state index in [1.54, 1.807) is 7.11 Å². The standard InChI is InChI=1S/C15H23NO2/c1-10(2)11-6-7-12(13(8-11)18-5)14(17)15(3,4)9-16/h6-8,10H,9,16H2,1-5H3. The summed E-state index contributed by atoms with van der Waals surface area (Å²) in [6.07, 6.45) is 0. The summed E-state index contributed by atoms with van der Waals surface area (Å²) < 4.78 is 5.34. The molecule has 18 heavy (non-hydrogen) atoms. The van der Waals surface area contributed by atoms with Gasteiger partial charge in [-0.15, -0.1) is 0 Å². The molecule has 0 saturated heterocycles. The van der Waals surface area contributed by atoms with E-state index in [1.165, 1.54) is 0 Å². The van der Waals surface area contributed by atoms with Crippen molar-refractivity contribution < 1.29 is 9.53 Å². The van der Waals surface area contributed by atoms with Crippen molar-refractivity contribution in [1.29, 1.82) is 0 Å². The minimum Gasteiger partial charge on any atom is -0.496 e. The van der Waals surface area contributed by atoms with E-state index >= 15 is 0 Å². The van der Waals surface area contributed by atoms with E-state index in [0.29, 0.717) is 23.8 Å². The van der Waals surface area contributed by atoms with Gasteiger partial charge in [-0.1, -0.05) is 33.8 Å². The van der Waals surface area contributed by atoms with Gasteiger partial charge in [-0.25, -0.2) is 0 Å². The zero-order valence-electron chi connectivity index (χ0n) is 11.9.